The molecule has 2 rings (SSSR count). The first-order chi connectivity index (χ1) is 12.3. The van der Waals surface area contributed by atoms with Crippen LogP contribution in [0.1, 0.15) is 37.2 Å². The number of carboxylic acids is 1. The minimum atomic E-state index is -1.01. The number of aliphatic carboxylic acids is 1. The van der Waals surface area contributed by atoms with E-state index in [0.717, 1.165) is 0 Å². The van der Waals surface area contributed by atoms with E-state index in [2.05, 4.69) is 10.3 Å². The third kappa shape index (κ3) is 4.05. The summed E-state index contributed by atoms with van der Waals surface area (Å²) in [5, 5.41) is 24.9. The Morgan fingerprint density at radius 1 is 1.35 bits per heavy atom. The number of carbonyl (C=O) groups is 2. The third-order valence-electron chi connectivity index (χ3n) is 4.44. The van der Waals surface area contributed by atoms with Crippen LogP contribution in [0.5, 0.6) is 0 Å². The van der Waals surface area contributed by atoms with Gasteiger partial charge in [0.1, 0.15) is 10.7 Å². The Bertz CT molecular complexity index is 829. The molecule has 8 nitrogen and oxygen atoms in total. The second-order valence-electron chi connectivity index (χ2n) is 5.82. The molecule has 0 atom stereocenters. The second-order valence-corrected chi connectivity index (χ2v) is 6.68. The first-order valence-electron chi connectivity index (χ1n) is 8.05. The van der Waals surface area contributed by atoms with Gasteiger partial charge in [0.05, 0.1) is 10.3 Å². The lowest BCUT2D eigenvalue weighted by atomic mass is 9.82. The molecule has 2 N–H and O–H groups in total. The number of nitrogens with one attached hydrogen (secondary N) is 1. The third-order valence-corrected chi connectivity index (χ3v) is 5.33. The normalized spacial score (nSPS) is 11.2. The van der Waals surface area contributed by atoms with Crippen LogP contribution in [0.4, 0.5) is 5.69 Å². The van der Waals surface area contributed by atoms with Crippen molar-refractivity contribution in [1.29, 1.82) is 0 Å². The van der Waals surface area contributed by atoms with Gasteiger partial charge in [-0.25, -0.2) is 4.98 Å². The maximum absolute atomic E-state index is 12.3. The van der Waals surface area contributed by atoms with Crippen molar-refractivity contribution in [2.45, 2.75) is 26.7 Å². The molecule has 9 heteroatoms. The largest absolute Gasteiger partial charge is 0.481 e. The lowest BCUT2D eigenvalue weighted by molar-refractivity contribution is -0.384. The molecule has 0 aliphatic carbocycles. The highest BCUT2D eigenvalue weighted by molar-refractivity contribution is 7.13. The minimum Gasteiger partial charge on any atom is -0.481 e. The molecular weight excluding hydrogens is 358 g/mol. The van der Waals surface area contributed by atoms with Crippen LogP contribution in [0.15, 0.2) is 29.6 Å². The molecule has 0 aliphatic rings. The van der Waals surface area contributed by atoms with Crippen molar-refractivity contribution >= 4 is 28.9 Å². The van der Waals surface area contributed by atoms with E-state index in [1.54, 1.807) is 31.4 Å². The van der Waals surface area contributed by atoms with Gasteiger partial charge in [0, 0.05) is 29.6 Å². The number of hydrogen-bond donors (Lipinski definition) is 2. The zero-order chi connectivity index (χ0) is 19.3. The molecule has 26 heavy (non-hydrogen) atoms. The summed E-state index contributed by atoms with van der Waals surface area (Å²) in [5.41, 5.74) is -0.358. The summed E-state index contributed by atoms with van der Waals surface area (Å²) in [6, 6.07) is 6.01. The smallest absolute Gasteiger partial charge is 0.311 e. The quantitative estimate of drug-likeness (QED) is 0.537. The van der Waals surface area contributed by atoms with Gasteiger partial charge in [-0.1, -0.05) is 26.0 Å². The molecular formula is C17H19N3O5S. The maximum atomic E-state index is 12.3. The van der Waals surface area contributed by atoms with Gasteiger partial charge in [0.2, 0.25) is 0 Å². The van der Waals surface area contributed by atoms with Crippen molar-refractivity contribution in [3.8, 4) is 10.6 Å². The summed E-state index contributed by atoms with van der Waals surface area (Å²) in [7, 11) is 0. The molecule has 0 saturated heterocycles. The first kappa shape index (κ1) is 19.5. The SMILES string of the molecule is CCC(CC)(CNC(=O)c1csc(-c2cccc([N+](=O)[O-])c2)n1)C(=O)O. The van der Waals surface area contributed by atoms with Gasteiger partial charge in [0.25, 0.3) is 11.6 Å². The Balaban J connectivity index is 2.14. The summed E-state index contributed by atoms with van der Waals surface area (Å²) >= 11 is 1.19. The van der Waals surface area contributed by atoms with Crippen molar-refractivity contribution in [3.63, 3.8) is 0 Å². The lowest BCUT2D eigenvalue weighted by Crippen LogP contribution is -2.42. The number of thiazole rings is 1. The number of carboxylic acid groups (broad SMARTS) is 1. The van der Waals surface area contributed by atoms with Crippen molar-refractivity contribution in [2.75, 3.05) is 6.54 Å². The number of aromatic nitrogens is 1. The zero-order valence-electron chi connectivity index (χ0n) is 14.4. The van der Waals surface area contributed by atoms with Crippen LogP contribution in [-0.2, 0) is 4.79 Å². The molecule has 1 aromatic heterocycles. The van der Waals surface area contributed by atoms with Crippen molar-refractivity contribution in [1.82, 2.24) is 10.3 Å². The fourth-order valence-corrected chi connectivity index (χ4v) is 3.28. The topological polar surface area (TPSA) is 122 Å². The molecule has 0 fully saturated rings. The van der Waals surface area contributed by atoms with Crippen LogP contribution in [0.2, 0.25) is 0 Å². The van der Waals surface area contributed by atoms with Gasteiger partial charge >= 0.3 is 5.97 Å². The molecule has 1 heterocycles. The molecule has 0 saturated carbocycles. The second kappa shape index (κ2) is 8.05. The number of rotatable bonds is 8. The van der Waals surface area contributed by atoms with Crippen LogP contribution in [0.25, 0.3) is 10.6 Å². The Kier molecular flexibility index (Phi) is 6.04. The molecule has 0 bridgehead atoms. The van der Waals surface area contributed by atoms with Crippen LogP contribution >= 0.6 is 11.3 Å². The van der Waals surface area contributed by atoms with Gasteiger partial charge in [-0.15, -0.1) is 11.3 Å². The molecule has 1 aromatic carbocycles. The highest BCUT2D eigenvalue weighted by atomic mass is 32.1. The van der Waals surface area contributed by atoms with Crippen molar-refractivity contribution in [2.24, 2.45) is 5.41 Å². The van der Waals surface area contributed by atoms with E-state index in [9.17, 15) is 24.8 Å². The predicted octanol–water partition coefficient (Wildman–Crippen LogP) is 3.34. The van der Waals surface area contributed by atoms with E-state index < -0.39 is 22.2 Å². The maximum Gasteiger partial charge on any atom is 0.311 e. The Labute approximate surface area is 154 Å². The summed E-state index contributed by atoms with van der Waals surface area (Å²) < 4.78 is 0. The monoisotopic (exact) mass is 377 g/mol. The van der Waals surface area contributed by atoms with Crippen LogP contribution in [-0.4, -0.2) is 33.4 Å². The van der Waals surface area contributed by atoms with E-state index in [0.29, 0.717) is 23.4 Å². The molecule has 2 aromatic rings. The van der Waals surface area contributed by atoms with Crippen molar-refractivity contribution in [3.05, 3.63) is 45.5 Å². The summed E-state index contributed by atoms with van der Waals surface area (Å²) in [4.78, 5) is 38.4. The summed E-state index contributed by atoms with van der Waals surface area (Å²) in [5.74, 6) is -1.41. The zero-order valence-corrected chi connectivity index (χ0v) is 15.2. The summed E-state index contributed by atoms with van der Waals surface area (Å²) in [6.45, 7) is 3.55. The number of non-ortho nitro benzene ring substituents is 1. The number of carbonyl (C=O) groups excluding carboxylic acids is 1. The molecule has 0 radical (unpaired) electrons. The fourth-order valence-electron chi connectivity index (χ4n) is 2.48. The number of amides is 1. The Hall–Kier alpha value is -2.81. The molecule has 138 valence electrons. The standard InChI is InChI=1S/C17H19N3O5S/c1-3-17(4-2,16(22)23)10-18-14(21)13-9-26-15(19-13)11-6-5-7-12(8-11)20(24)25/h5-9H,3-4,10H2,1-2H3,(H,18,21)(H,22,23). The molecule has 0 spiro atoms. The Morgan fingerprint density at radius 3 is 2.62 bits per heavy atom. The summed E-state index contributed by atoms with van der Waals surface area (Å²) in [6.07, 6.45) is 0.796. The van der Waals surface area contributed by atoms with E-state index in [1.165, 1.54) is 23.5 Å². The average Bonchev–Trinajstić information content (AvgIpc) is 3.13. The average molecular weight is 377 g/mol. The van der Waals surface area contributed by atoms with Crippen LogP contribution in [0.3, 0.4) is 0 Å². The molecule has 0 unspecified atom stereocenters. The van der Waals surface area contributed by atoms with E-state index >= 15 is 0 Å². The van der Waals surface area contributed by atoms with Gasteiger partial charge in [0.15, 0.2) is 0 Å². The highest BCUT2D eigenvalue weighted by Gasteiger charge is 2.35. The fraction of sp³-hybridized carbons (Fsp3) is 0.353. The number of hydrogen-bond acceptors (Lipinski definition) is 6. The molecule has 0 aliphatic heterocycles. The number of nitro groups is 1. The number of benzene rings is 1. The Morgan fingerprint density at radius 2 is 2.04 bits per heavy atom. The van der Waals surface area contributed by atoms with Gasteiger partial charge < -0.3 is 10.4 Å². The minimum absolute atomic E-state index is 0.0117. The van der Waals surface area contributed by atoms with E-state index in [4.69, 9.17) is 0 Å². The van der Waals surface area contributed by atoms with Gasteiger partial charge in [-0.05, 0) is 12.8 Å². The lowest BCUT2D eigenvalue weighted by Gasteiger charge is -2.26. The molecule has 1 amide bonds. The number of nitro benzene ring substituents is 1. The number of nitrogens with zero attached hydrogens (tertiary/aromatic N) is 2. The van der Waals surface area contributed by atoms with Crippen molar-refractivity contribution < 1.29 is 19.6 Å². The van der Waals surface area contributed by atoms with Gasteiger partial charge in [-0.2, -0.15) is 0 Å². The highest BCUT2D eigenvalue weighted by Crippen LogP contribution is 2.28. The predicted molar refractivity (Wildman–Crippen MR) is 97.2 cm³/mol. The van der Waals surface area contributed by atoms with Crippen LogP contribution in [0, 0.1) is 15.5 Å². The van der Waals surface area contributed by atoms with E-state index in [1.807, 2.05) is 0 Å². The first-order valence-corrected chi connectivity index (χ1v) is 8.93. The van der Waals surface area contributed by atoms with Gasteiger partial charge in [-0.3, -0.25) is 19.7 Å². The van der Waals surface area contributed by atoms with E-state index in [-0.39, 0.29) is 17.9 Å². The van der Waals surface area contributed by atoms with Crippen LogP contribution < -0.4 is 5.32 Å².